The number of benzene rings is 2. The molecule has 144 valence electrons. The van der Waals surface area contributed by atoms with Crippen molar-refractivity contribution in [2.45, 2.75) is 36.9 Å². The van der Waals surface area contributed by atoms with Gasteiger partial charge in [-0.15, -0.1) is 11.8 Å². The van der Waals surface area contributed by atoms with Crippen LogP contribution in [-0.2, 0) is 6.54 Å². The highest BCUT2D eigenvalue weighted by Crippen LogP contribution is 2.33. The minimum Gasteiger partial charge on any atom is -0.493 e. The molecule has 0 bridgehead atoms. The average Bonchev–Trinajstić information content (AvgIpc) is 3.51. The van der Waals surface area contributed by atoms with Crippen LogP contribution in [-0.4, -0.2) is 36.8 Å². The van der Waals surface area contributed by atoms with E-state index in [9.17, 15) is 13.6 Å². The SMILES string of the molecule is COc1cc(CN(C(=O)c2ccc(SC)cc2)C2CC2)ccc1OC(F)F. The van der Waals surface area contributed by atoms with E-state index in [-0.39, 0.29) is 23.4 Å². The molecule has 0 atom stereocenters. The Morgan fingerprint density at radius 1 is 1.19 bits per heavy atom. The number of rotatable bonds is 8. The monoisotopic (exact) mass is 393 g/mol. The van der Waals surface area contributed by atoms with E-state index >= 15 is 0 Å². The number of alkyl halides is 2. The Morgan fingerprint density at radius 3 is 2.44 bits per heavy atom. The molecule has 0 unspecified atom stereocenters. The Balaban J connectivity index is 1.79. The average molecular weight is 393 g/mol. The van der Waals surface area contributed by atoms with Crippen molar-refractivity contribution < 1.29 is 23.0 Å². The molecule has 2 aromatic carbocycles. The molecule has 0 N–H and O–H groups in total. The third kappa shape index (κ3) is 4.91. The van der Waals surface area contributed by atoms with Crippen LogP contribution in [0.25, 0.3) is 0 Å². The first-order valence-electron chi connectivity index (χ1n) is 8.58. The van der Waals surface area contributed by atoms with Gasteiger partial charge in [-0.3, -0.25) is 4.79 Å². The summed E-state index contributed by atoms with van der Waals surface area (Å²) in [6.07, 6.45) is 3.93. The topological polar surface area (TPSA) is 38.8 Å². The van der Waals surface area contributed by atoms with Gasteiger partial charge in [0.25, 0.3) is 5.91 Å². The summed E-state index contributed by atoms with van der Waals surface area (Å²) in [6, 6.07) is 12.5. The molecule has 4 nitrogen and oxygen atoms in total. The molecule has 3 rings (SSSR count). The van der Waals surface area contributed by atoms with Crippen LogP contribution in [0.2, 0.25) is 0 Å². The van der Waals surface area contributed by atoms with Crippen molar-refractivity contribution in [2.75, 3.05) is 13.4 Å². The second-order valence-electron chi connectivity index (χ2n) is 6.26. The predicted molar refractivity (Wildman–Crippen MR) is 101 cm³/mol. The van der Waals surface area contributed by atoms with Crippen LogP contribution in [0.15, 0.2) is 47.4 Å². The zero-order chi connectivity index (χ0) is 19.4. The van der Waals surface area contributed by atoms with Crippen LogP contribution in [0, 0.1) is 0 Å². The van der Waals surface area contributed by atoms with Crippen molar-refractivity contribution in [1.29, 1.82) is 0 Å². The lowest BCUT2D eigenvalue weighted by Gasteiger charge is -2.23. The number of hydrogen-bond donors (Lipinski definition) is 0. The number of thioether (sulfide) groups is 1. The van der Waals surface area contributed by atoms with Crippen LogP contribution in [0.4, 0.5) is 8.78 Å². The molecule has 0 radical (unpaired) electrons. The number of nitrogens with zero attached hydrogens (tertiary/aromatic N) is 1. The molecule has 1 saturated carbocycles. The third-order valence-corrected chi connectivity index (χ3v) is 5.13. The van der Waals surface area contributed by atoms with E-state index in [0.717, 1.165) is 23.3 Å². The molecule has 0 saturated heterocycles. The maximum Gasteiger partial charge on any atom is 0.387 e. The molecule has 1 fully saturated rings. The summed E-state index contributed by atoms with van der Waals surface area (Å²) in [4.78, 5) is 15.9. The lowest BCUT2D eigenvalue weighted by Crippen LogP contribution is -2.32. The summed E-state index contributed by atoms with van der Waals surface area (Å²) in [5.74, 6) is 0.172. The Hall–Kier alpha value is -2.28. The molecule has 0 aromatic heterocycles. The second kappa shape index (κ2) is 8.61. The van der Waals surface area contributed by atoms with Crippen molar-refractivity contribution in [3.8, 4) is 11.5 Å². The normalized spacial score (nSPS) is 13.5. The first kappa shape index (κ1) is 19.5. The van der Waals surface area contributed by atoms with Crippen molar-refractivity contribution >= 4 is 17.7 Å². The molecule has 1 aliphatic rings. The van der Waals surface area contributed by atoms with Gasteiger partial charge in [-0.25, -0.2) is 0 Å². The molecule has 1 aliphatic carbocycles. The van der Waals surface area contributed by atoms with Gasteiger partial charge in [0.1, 0.15) is 0 Å². The van der Waals surface area contributed by atoms with Gasteiger partial charge in [0.2, 0.25) is 0 Å². The van der Waals surface area contributed by atoms with E-state index < -0.39 is 6.61 Å². The highest BCUT2D eigenvalue weighted by atomic mass is 32.2. The first-order valence-corrected chi connectivity index (χ1v) is 9.81. The van der Waals surface area contributed by atoms with Gasteiger partial charge in [-0.2, -0.15) is 8.78 Å². The Morgan fingerprint density at radius 2 is 1.89 bits per heavy atom. The summed E-state index contributed by atoms with van der Waals surface area (Å²) in [6.45, 7) is -2.53. The standard InChI is InChI=1S/C20H21F2NO3S/c1-25-18-11-13(3-10-17(18)26-20(21)22)12-23(15-6-7-15)19(24)14-4-8-16(27-2)9-5-14/h3-5,8-11,15,20H,6-7,12H2,1-2H3. The fourth-order valence-electron chi connectivity index (χ4n) is 2.85. The van der Waals surface area contributed by atoms with Gasteiger partial charge >= 0.3 is 6.61 Å². The second-order valence-corrected chi connectivity index (χ2v) is 7.14. The Kier molecular flexibility index (Phi) is 6.21. The van der Waals surface area contributed by atoms with Crippen LogP contribution < -0.4 is 9.47 Å². The number of carbonyl (C=O) groups excluding carboxylic acids is 1. The van der Waals surface area contributed by atoms with Gasteiger partial charge in [0.05, 0.1) is 7.11 Å². The van der Waals surface area contributed by atoms with Crippen LogP contribution >= 0.6 is 11.8 Å². The van der Waals surface area contributed by atoms with Crippen molar-refractivity contribution in [2.24, 2.45) is 0 Å². The van der Waals surface area contributed by atoms with E-state index in [1.807, 2.05) is 35.4 Å². The van der Waals surface area contributed by atoms with Crippen molar-refractivity contribution in [3.05, 3.63) is 53.6 Å². The molecular formula is C20H21F2NO3S. The summed E-state index contributed by atoms with van der Waals surface area (Å²) in [5, 5.41) is 0. The van der Waals surface area contributed by atoms with Gasteiger partial charge < -0.3 is 14.4 Å². The van der Waals surface area contributed by atoms with Crippen LogP contribution in [0.5, 0.6) is 11.5 Å². The zero-order valence-corrected chi connectivity index (χ0v) is 16.0. The molecule has 7 heteroatoms. The van der Waals surface area contributed by atoms with Gasteiger partial charge in [0.15, 0.2) is 11.5 Å². The minimum absolute atomic E-state index is 0.0202. The summed E-state index contributed by atoms with van der Waals surface area (Å²) in [5.41, 5.74) is 1.44. The van der Waals surface area contributed by atoms with Crippen molar-refractivity contribution in [1.82, 2.24) is 4.90 Å². The minimum atomic E-state index is -2.92. The maximum absolute atomic E-state index is 13.0. The highest BCUT2D eigenvalue weighted by molar-refractivity contribution is 7.98. The van der Waals surface area contributed by atoms with Crippen molar-refractivity contribution in [3.63, 3.8) is 0 Å². The molecule has 1 amide bonds. The number of ether oxygens (including phenoxy) is 2. The summed E-state index contributed by atoms with van der Waals surface area (Å²) >= 11 is 1.62. The zero-order valence-electron chi connectivity index (χ0n) is 15.2. The van der Waals surface area contributed by atoms with E-state index in [4.69, 9.17) is 4.74 Å². The smallest absolute Gasteiger partial charge is 0.387 e. The van der Waals surface area contributed by atoms with Crippen LogP contribution in [0.1, 0.15) is 28.8 Å². The predicted octanol–water partition coefficient (Wildman–Crippen LogP) is 4.82. The van der Waals surface area contributed by atoms with Gasteiger partial charge in [-0.05, 0) is 61.1 Å². The molecule has 27 heavy (non-hydrogen) atoms. The lowest BCUT2D eigenvalue weighted by atomic mass is 10.1. The van der Waals surface area contributed by atoms with E-state index in [1.165, 1.54) is 13.2 Å². The number of halogens is 2. The number of amides is 1. The van der Waals surface area contributed by atoms with E-state index in [2.05, 4.69) is 4.74 Å². The van der Waals surface area contributed by atoms with E-state index in [1.54, 1.807) is 23.9 Å². The molecular weight excluding hydrogens is 372 g/mol. The number of hydrogen-bond acceptors (Lipinski definition) is 4. The molecule has 0 spiro atoms. The van der Waals surface area contributed by atoms with Gasteiger partial charge in [0, 0.05) is 23.0 Å². The maximum atomic E-state index is 13.0. The first-order chi connectivity index (χ1) is 13.0. The largest absolute Gasteiger partial charge is 0.493 e. The van der Waals surface area contributed by atoms with E-state index in [0.29, 0.717) is 12.1 Å². The summed E-state index contributed by atoms with van der Waals surface area (Å²) < 4.78 is 34.6. The third-order valence-electron chi connectivity index (χ3n) is 4.38. The molecule has 0 aliphatic heterocycles. The van der Waals surface area contributed by atoms with Gasteiger partial charge in [-0.1, -0.05) is 6.07 Å². The van der Waals surface area contributed by atoms with Crippen LogP contribution in [0.3, 0.4) is 0 Å². The molecule has 0 heterocycles. The fourth-order valence-corrected chi connectivity index (χ4v) is 3.26. The lowest BCUT2D eigenvalue weighted by molar-refractivity contribution is -0.0512. The quantitative estimate of drug-likeness (QED) is 0.603. The fraction of sp³-hybridized carbons (Fsp3) is 0.350. The Bertz CT molecular complexity index is 794. The Labute approximate surface area is 161 Å². The highest BCUT2D eigenvalue weighted by Gasteiger charge is 2.33. The number of carbonyl (C=O) groups is 1. The molecule has 2 aromatic rings. The summed E-state index contributed by atoms with van der Waals surface area (Å²) in [7, 11) is 1.40. The number of methoxy groups -OCH3 is 1.